The van der Waals surface area contributed by atoms with Crippen LogP contribution in [0.1, 0.15) is 66.2 Å². The zero-order chi connectivity index (χ0) is 26.9. The van der Waals surface area contributed by atoms with Crippen molar-refractivity contribution in [3.8, 4) is 0 Å². The highest BCUT2D eigenvalue weighted by Gasteiger charge is 2.59. The third kappa shape index (κ3) is 5.30. The lowest BCUT2D eigenvalue weighted by atomic mass is 9.83. The molecule has 0 bridgehead atoms. The second-order valence-electron chi connectivity index (χ2n) is 12.7. The van der Waals surface area contributed by atoms with E-state index >= 15 is 0 Å². The van der Waals surface area contributed by atoms with E-state index in [-0.39, 0.29) is 30.1 Å². The van der Waals surface area contributed by atoms with Gasteiger partial charge in [-0.25, -0.2) is 0 Å². The number of hydrogen-bond donors (Lipinski definition) is 1. The van der Waals surface area contributed by atoms with Crippen LogP contribution in [0, 0.1) is 11.8 Å². The third-order valence-corrected chi connectivity index (χ3v) is 8.44. The van der Waals surface area contributed by atoms with Gasteiger partial charge in [0.1, 0.15) is 18.3 Å². The van der Waals surface area contributed by atoms with Crippen LogP contribution < -0.4 is 0 Å². The Morgan fingerprint density at radius 2 is 1.37 bits per heavy atom. The van der Waals surface area contributed by atoms with Crippen LogP contribution in [0.15, 0.2) is 30.3 Å². The summed E-state index contributed by atoms with van der Waals surface area (Å²) in [4.78, 5) is 0. The van der Waals surface area contributed by atoms with Crippen molar-refractivity contribution in [1.29, 1.82) is 0 Å². The van der Waals surface area contributed by atoms with Gasteiger partial charge < -0.3 is 43.0 Å². The molecule has 5 fully saturated rings. The molecular formula is C29H42O9. The predicted octanol–water partition coefficient (Wildman–Crippen LogP) is 3.68. The van der Waals surface area contributed by atoms with E-state index in [9.17, 15) is 5.11 Å². The largest absolute Gasteiger partial charge is 0.388 e. The number of rotatable bonds is 5. The molecule has 4 aliphatic heterocycles. The van der Waals surface area contributed by atoms with Crippen molar-refractivity contribution in [1.82, 2.24) is 0 Å². The quantitative estimate of drug-likeness (QED) is 0.607. The Labute approximate surface area is 224 Å². The summed E-state index contributed by atoms with van der Waals surface area (Å²) in [5.74, 6) is -1.84. The minimum atomic E-state index is -0.894. The maximum Gasteiger partial charge on any atom is 0.184 e. The van der Waals surface area contributed by atoms with Gasteiger partial charge in [-0.2, -0.15) is 0 Å². The van der Waals surface area contributed by atoms with Crippen LogP contribution >= 0.6 is 0 Å². The first kappa shape index (κ1) is 27.1. The van der Waals surface area contributed by atoms with Crippen molar-refractivity contribution in [2.75, 3.05) is 13.2 Å². The first-order chi connectivity index (χ1) is 17.9. The molecule has 0 spiro atoms. The Morgan fingerprint density at radius 1 is 0.737 bits per heavy atom. The highest BCUT2D eigenvalue weighted by atomic mass is 16.8. The van der Waals surface area contributed by atoms with Crippen molar-refractivity contribution < 1.29 is 43.0 Å². The van der Waals surface area contributed by atoms with Gasteiger partial charge in [0.15, 0.2) is 23.7 Å². The molecule has 9 nitrogen and oxygen atoms in total. The summed E-state index contributed by atoms with van der Waals surface area (Å²) >= 11 is 0. The van der Waals surface area contributed by atoms with E-state index in [1.165, 1.54) is 0 Å². The van der Waals surface area contributed by atoms with Gasteiger partial charge in [-0.3, -0.25) is 0 Å². The number of ether oxygens (including phenoxy) is 8. The van der Waals surface area contributed by atoms with E-state index in [4.69, 9.17) is 37.9 Å². The van der Waals surface area contributed by atoms with Crippen LogP contribution in [-0.4, -0.2) is 78.4 Å². The summed E-state index contributed by atoms with van der Waals surface area (Å²) in [5.41, 5.74) is 0.898. The van der Waals surface area contributed by atoms with Crippen LogP contribution in [0.5, 0.6) is 0 Å². The van der Waals surface area contributed by atoms with Crippen molar-refractivity contribution in [3.05, 3.63) is 35.9 Å². The van der Waals surface area contributed by atoms with E-state index in [2.05, 4.69) is 0 Å². The molecule has 212 valence electrons. The topological polar surface area (TPSA) is 94.1 Å². The summed E-state index contributed by atoms with van der Waals surface area (Å²) in [5, 5.41) is 11.6. The molecular weight excluding hydrogens is 492 g/mol. The van der Waals surface area contributed by atoms with E-state index in [0.717, 1.165) is 12.0 Å². The molecule has 6 rings (SSSR count). The molecule has 1 N–H and O–H groups in total. The number of fused-ring (bicyclic) bond motifs is 1. The predicted molar refractivity (Wildman–Crippen MR) is 135 cm³/mol. The van der Waals surface area contributed by atoms with Crippen molar-refractivity contribution in [2.45, 2.75) is 121 Å². The molecule has 0 aromatic heterocycles. The SMILES string of the molecule is CC1(C)OC[C@H]([C@H]2OC(c3ccccc3)O[C@@H](C[C@H]3C[C@H]4OC(C)(C)O[C@H]4[C@@H]3[C@H]3COC(C)(C)O3)[C@H]2O)O1. The molecule has 1 aromatic rings. The fraction of sp³-hybridized carbons (Fsp3) is 0.793. The van der Waals surface area contributed by atoms with E-state index in [1.807, 2.05) is 71.9 Å². The number of aliphatic hydroxyl groups is 1. The van der Waals surface area contributed by atoms with E-state index in [0.29, 0.717) is 19.6 Å². The molecule has 10 atom stereocenters. The Morgan fingerprint density at radius 3 is 2.00 bits per heavy atom. The average molecular weight is 535 g/mol. The molecule has 1 aromatic carbocycles. The minimum absolute atomic E-state index is 0.0424. The van der Waals surface area contributed by atoms with Gasteiger partial charge in [0.2, 0.25) is 0 Å². The van der Waals surface area contributed by atoms with Crippen molar-refractivity contribution in [3.63, 3.8) is 0 Å². The highest BCUT2D eigenvalue weighted by molar-refractivity contribution is 5.17. The lowest BCUT2D eigenvalue weighted by molar-refractivity contribution is -0.311. The first-order valence-corrected chi connectivity index (χ1v) is 13.9. The molecule has 0 amide bonds. The maximum atomic E-state index is 11.6. The van der Waals surface area contributed by atoms with Gasteiger partial charge in [0.25, 0.3) is 0 Å². The summed E-state index contributed by atoms with van der Waals surface area (Å²) in [6, 6.07) is 9.83. The summed E-state index contributed by atoms with van der Waals surface area (Å²) < 4.78 is 49.8. The van der Waals surface area contributed by atoms with Crippen LogP contribution in [0.2, 0.25) is 0 Å². The summed E-state index contributed by atoms with van der Waals surface area (Å²) in [7, 11) is 0. The standard InChI is InChI=1S/C29H42O9/c1-27(2)31-14-20(36-27)22-17(13-19-24(22)38-29(5,6)35-19)12-18-23(30)25(21-15-32-28(3,4)37-21)34-26(33-18)16-10-8-7-9-11-16/h7-11,17-26,30H,12-15H2,1-6H3/t17-,18-,19+,20+,21+,22-,23+,24+,25+,26?/m0/s1. The Bertz CT molecular complexity index is 982. The molecule has 9 heteroatoms. The Kier molecular flexibility index (Phi) is 6.94. The monoisotopic (exact) mass is 534 g/mol. The van der Waals surface area contributed by atoms with Crippen molar-refractivity contribution >= 4 is 0 Å². The number of aliphatic hydroxyl groups excluding tert-OH is 1. The Hall–Kier alpha value is -1.14. The molecule has 1 unspecified atom stereocenters. The molecule has 4 saturated heterocycles. The molecule has 1 aliphatic carbocycles. The molecule has 5 aliphatic rings. The number of hydrogen-bond acceptors (Lipinski definition) is 9. The first-order valence-electron chi connectivity index (χ1n) is 13.9. The maximum absolute atomic E-state index is 11.6. The van der Waals surface area contributed by atoms with Gasteiger partial charge in [-0.05, 0) is 60.3 Å². The van der Waals surface area contributed by atoms with E-state index in [1.54, 1.807) is 0 Å². The lowest BCUT2D eigenvalue weighted by Crippen LogP contribution is -2.54. The van der Waals surface area contributed by atoms with Crippen LogP contribution in [0.4, 0.5) is 0 Å². The second kappa shape index (κ2) is 9.75. The van der Waals surface area contributed by atoms with Gasteiger partial charge >= 0.3 is 0 Å². The molecule has 4 heterocycles. The lowest BCUT2D eigenvalue weighted by Gasteiger charge is -2.43. The fourth-order valence-electron chi connectivity index (χ4n) is 6.92. The zero-order valence-electron chi connectivity index (χ0n) is 23.2. The molecule has 38 heavy (non-hydrogen) atoms. The smallest absolute Gasteiger partial charge is 0.184 e. The summed E-state index contributed by atoms with van der Waals surface area (Å²) in [6.07, 6.45) is -1.90. The highest BCUT2D eigenvalue weighted by Crippen LogP contribution is 2.51. The van der Waals surface area contributed by atoms with Gasteiger partial charge in [-0.1, -0.05) is 30.3 Å². The van der Waals surface area contributed by atoms with E-state index < -0.39 is 48.1 Å². The van der Waals surface area contributed by atoms with Crippen LogP contribution in [0.3, 0.4) is 0 Å². The minimum Gasteiger partial charge on any atom is -0.388 e. The second-order valence-corrected chi connectivity index (χ2v) is 12.7. The third-order valence-electron chi connectivity index (χ3n) is 8.44. The van der Waals surface area contributed by atoms with Gasteiger partial charge in [0.05, 0.1) is 37.6 Å². The molecule has 0 radical (unpaired) electrons. The van der Waals surface area contributed by atoms with Crippen LogP contribution in [-0.2, 0) is 37.9 Å². The van der Waals surface area contributed by atoms with Crippen molar-refractivity contribution in [2.24, 2.45) is 11.8 Å². The van der Waals surface area contributed by atoms with Gasteiger partial charge in [0, 0.05) is 11.5 Å². The Balaban J connectivity index is 1.25. The molecule has 1 saturated carbocycles. The normalized spacial score (nSPS) is 45.3. The summed E-state index contributed by atoms with van der Waals surface area (Å²) in [6.45, 7) is 12.4. The number of benzene rings is 1. The average Bonchev–Trinajstić information content (AvgIpc) is 3.55. The van der Waals surface area contributed by atoms with Gasteiger partial charge in [-0.15, -0.1) is 0 Å². The fourth-order valence-corrected chi connectivity index (χ4v) is 6.92. The van der Waals surface area contributed by atoms with Crippen LogP contribution in [0.25, 0.3) is 0 Å². The zero-order valence-corrected chi connectivity index (χ0v) is 23.2.